The summed E-state index contributed by atoms with van der Waals surface area (Å²) in [4.78, 5) is 41.0. The molecular weight excluding hydrogens is 597 g/mol. The van der Waals surface area contributed by atoms with E-state index in [4.69, 9.17) is 4.74 Å². The van der Waals surface area contributed by atoms with E-state index in [-0.39, 0.29) is 30.1 Å². The molecule has 0 aromatic heterocycles. The molecule has 0 aliphatic carbocycles. The number of hydrogen-bond acceptors (Lipinski definition) is 4. The number of anilines is 2. The predicted octanol–water partition coefficient (Wildman–Crippen LogP) is 8.12. The van der Waals surface area contributed by atoms with Crippen LogP contribution in [0.2, 0.25) is 0 Å². The lowest BCUT2D eigenvalue weighted by Crippen LogP contribution is -2.49. The van der Waals surface area contributed by atoms with E-state index < -0.39 is 64.4 Å². The van der Waals surface area contributed by atoms with Gasteiger partial charge in [0.1, 0.15) is 22.8 Å². The number of nitrogens with zero attached hydrogens (tertiary/aromatic N) is 1. The maximum Gasteiger partial charge on any atom is 0.416 e. The maximum atomic E-state index is 14.8. The topological polar surface area (TPSA) is 87.7 Å². The first kappa shape index (κ1) is 33.4. The van der Waals surface area contributed by atoms with Crippen molar-refractivity contribution in [2.75, 3.05) is 17.2 Å². The lowest BCUT2D eigenvalue weighted by molar-refractivity contribution is -0.138. The fraction of sp³-hybridized carbons (Fsp3) is 0.364. The van der Waals surface area contributed by atoms with Gasteiger partial charge in [-0.2, -0.15) is 13.2 Å². The fourth-order valence-electron chi connectivity index (χ4n) is 5.45. The number of alkyl halides is 3. The van der Waals surface area contributed by atoms with E-state index in [0.29, 0.717) is 11.3 Å². The van der Waals surface area contributed by atoms with E-state index in [9.17, 15) is 36.3 Å². The first-order valence-corrected chi connectivity index (χ1v) is 14.3. The fourth-order valence-corrected chi connectivity index (χ4v) is 5.45. The molecule has 45 heavy (non-hydrogen) atoms. The lowest BCUT2D eigenvalue weighted by Gasteiger charge is -2.43. The van der Waals surface area contributed by atoms with Crippen LogP contribution in [0.5, 0.6) is 0 Å². The molecule has 3 aromatic rings. The number of likely N-dealkylation sites (tertiary alicyclic amines) is 1. The van der Waals surface area contributed by atoms with Crippen molar-refractivity contribution in [1.29, 1.82) is 0 Å². The Morgan fingerprint density at radius 1 is 0.889 bits per heavy atom. The van der Waals surface area contributed by atoms with Crippen LogP contribution >= 0.6 is 0 Å². The molecule has 2 N–H and O–H groups in total. The molecule has 1 fully saturated rings. The first-order chi connectivity index (χ1) is 20.9. The highest BCUT2D eigenvalue weighted by Gasteiger charge is 2.43. The molecule has 0 spiro atoms. The number of hydrogen-bond donors (Lipinski definition) is 2. The average molecular weight is 632 g/mol. The van der Waals surface area contributed by atoms with Crippen molar-refractivity contribution in [3.63, 3.8) is 0 Å². The molecule has 0 saturated carbocycles. The number of halogens is 5. The molecule has 0 unspecified atom stereocenters. The number of rotatable bonds is 5. The first-order valence-electron chi connectivity index (χ1n) is 14.3. The third kappa shape index (κ3) is 7.98. The van der Waals surface area contributed by atoms with Crippen LogP contribution in [0, 0.1) is 30.4 Å². The number of nitrogens with one attached hydrogen (secondary N) is 2. The number of piperidine rings is 1. The van der Waals surface area contributed by atoms with Gasteiger partial charge in [0.15, 0.2) is 0 Å². The van der Waals surface area contributed by atoms with Crippen LogP contribution < -0.4 is 10.6 Å². The molecule has 0 bridgehead atoms. The average Bonchev–Trinajstić information content (AvgIpc) is 2.92. The second kappa shape index (κ2) is 12.9. The van der Waals surface area contributed by atoms with Gasteiger partial charge in [-0.05, 0) is 87.6 Å². The molecule has 0 radical (unpaired) electrons. The van der Waals surface area contributed by atoms with Crippen LogP contribution in [0.4, 0.5) is 38.1 Å². The molecule has 7 nitrogen and oxygen atoms in total. The van der Waals surface area contributed by atoms with Gasteiger partial charge in [-0.1, -0.05) is 31.2 Å². The highest BCUT2D eigenvalue weighted by Crippen LogP contribution is 2.41. The van der Waals surface area contributed by atoms with E-state index in [2.05, 4.69) is 10.6 Å². The summed E-state index contributed by atoms with van der Waals surface area (Å²) in [7, 11) is 0. The SMILES string of the molecule is Cc1ccc(NC(=O)[C@H]2C[C@@H](C)CN(C(=O)c3c(F)cccc3F)[C@H]2c2ccc(NC(=O)OC(C)(C)C)cc2)cc1C(F)(F)F. The summed E-state index contributed by atoms with van der Waals surface area (Å²) in [6, 6.07) is 11.6. The van der Waals surface area contributed by atoms with Crippen LogP contribution in [0.3, 0.4) is 0 Å². The summed E-state index contributed by atoms with van der Waals surface area (Å²) in [6.07, 6.45) is -5.13. The highest BCUT2D eigenvalue weighted by atomic mass is 19.4. The molecule has 3 atom stereocenters. The van der Waals surface area contributed by atoms with E-state index in [1.807, 2.05) is 0 Å². The summed E-state index contributed by atoms with van der Waals surface area (Å²) in [5.41, 5.74) is -1.80. The van der Waals surface area contributed by atoms with Gasteiger partial charge in [-0.15, -0.1) is 0 Å². The second-order valence-electron chi connectivity index (χ2n) is 12.2. The Balaban J connectivity index is 1.73. The summed E-state index contributed by atoms with van der Waals surface area (Å²) in [5, 5.41) is 5.14. The van der Waals surface area contributed by atoms with E-state index in [1.165, 1.54) is 36.1 Å². The highest BCUT2D eigenvalue weighted by molar-refractivity contribution is 5.97. The van der Waals surface area contributed by atoms with Gasteiger partial charge in [-0.25, -0.2) is 13.6 Å². The Labute approximate surface area is 257 Å². The Kier molecular flexibility index (Phi) is 9.55. The Hall–Kier alpha value is -4.48. The predicted molar refractivity (Wildman–Crippen MR) is 159 cm³/mol. The number of ether oxygens (including phenoxy) is 1. The molecule has 1 aliphatic heterocycles. The van der Waals surface area contributed by atoms with E-state index in [0.717, 1.165) is 24.3 Å². The third-order valence-electron chi connectivity index (χ3n) is 7.36. The number of amides is 3. The van der Waals surface area contributed by atoms with Gasteiger partial charge in [0.25, 0.3) is 5.91 Å². The summed E-state index contributed by atoms with van der Waals surface area (Å²) < 4.78 is 75.5. The minimum atomic E-state index is -4.64. The van der Waals surface area contributed by atoms with Crippen molar-refractivity contribution < 1.29 is 41.1 Å². The molecule has 4 rings (SSSR count). The van der Waals surface area contributed by atoms with Crippen molar-refractivity contribution in [3.8, 4) is 0 Å². The lowest BCUT2D eigenvalue weighted by atomic mass is 9.79. The van der Waals surface area contributed by atoms with Gasteiger partial charge < -0.3 is 15.0 Å². The molecule has 1 heterocycles. The van der Waals surface area contributed by atoms with Gasteiger partial charge in [0.05, 0.1) is 17.5 Å². The van der Waals surface area contributed by atoms with Gasteiger partial charge in [-0.3, -0.25) is 14.9 Å². The van der Waals surface area contributed by atoms with Crippen molar-refractivity contribution in [3.05, 3.63) is 94.6 Å². The van der Waals surface area contributed by atoms with E-state index in [1.54, 1.807) is 39.8 Å². The van der Waals surface area contributed by atoms with Crippen LogP contribution in [-0.2, 0) is 15.7 Å². The van der Waals surface area contributed by atoms with Gasteiger partial charge in [0.2, 0.25) is 5.91 Å². The summed E-state index contributed by atoms with van der Waals surface area (Å²) in [6.45, 7) is 8.22. The number of aryl methyl sites for hydroxylation is 1. The number of benzene rings is 3. The van der Waals surface area contributed by atoms with Gasteiger partial charge >= 0.3 is 12.3 Å². The van der Waals surface area contributed by atoms with Gasteiger partial charge in [0, 0.05) is 17.9 Å². The Morgan fingerprint density at radius 2 is 1.49 bits per heavy atom. The summed E-state index contributed by atoms with van der Waals surface area (Å²) >= 11 is 0. The number of carbonyl (C=O) groups is 3. The molecule has 12 heteroatoms. The normalized spacial score (nSPS) is 18.7. The zero-order chi connectivity index (χ0) is 33.3. The standard InChI is InChI=1S/C33H34F5N3O4/c1-18-15-23(29(42)39-22-12-9-19(2)24(16-22)33(36,37)38)28(41(17-18)30(43)27-25(34)7-6-8-26(27)35)20-10-13-21(14-11-20)40-31(44)45-32(3,4)5/h6-14,16,18,23,28H,15,17H2,1-5H3,(H,39,42)(H,40,44)/t18-,23+,28+/m1/s1. The van der Waals surface area contributed by atoms with Crippen LogP contribution in [0.25, 0.3) is 0 Å². The molecule has 240 valence electrons. The Bertz CT molecular complexity index is 1560. The van der Waals surface area contributed by atoms with Crippen LogP contribution in [0.1, 0.15) is 67.2 Å². The zero-order valence-corrected chi connectivity index (χ0v) is 25.4. The minimum Gasteiger partial charge on any atom is -0.444 e. The van der Waals surface area contributed by atoms with Crippen LogP contribution in [-0.4, -0.2) is 35.0 Å². The van der Waals surface area contributed by atoms with Crippen molar-refractivity contribution in [1.82, 2.24) is 4.90 Å². The third-order valence-corrected chi connectivity index (χ3v) is 7.36. The molecule has 3 aromatic carbocycles. The molecular formula is C33H34F5N3O4. The Morgan fingerprint density at radius 3 is 2.07 bits per heavy atom. The zero-order valence-electron chi connectivity index (χ0n) is 25.4. The van der Waals surface area contributed by atoms with Crippen molar-refractivity contribution in [2.45, 2.75) is 58.9 Å². The molecule has 1 saturated heterocycles. The van der Waals surface area contributed by atoms with Crippen LogP contribution in [0.15, 0.2) is 60.7 Å². The second-order valence-corrected chi connectivity index (χ2v) is 12.2. The maximum absolute atomic E-state index is 14.8. The van der Waals surface area contributed by atoms with Crippen molar-refractivity contribution >= 4 is 29.3 Å². The molecule has 1 aliphatic rings. The van der Waals surface area contributed by atoms with Crippen molar-refractivity contribution in [2.24, 2.45) is 11.8 Å². The van der Waals surface area contributed by atoms with E-state index >= 15 is 0 Å². The molecule has 3 amide bonds. The number of carbonyl (C=O) groups excluding carboxylic acids is 3. The quantitative estimate of drug-likeness (QED) is 0.279. The smallest absolute Gasteiger partial charge is 0.416 e. The monoisotopic (exact) mass is 631 g/mol. The largest absolute Gasteiger partial charge is 0.444 e. The summed E-state index contributed by atoms with van der Waals surface area (Å²) in [5.74, 6) is -5.14. The minimum absolute atomic E-state index is 0.0200.